The Bertz CT molecular complexity index is 1780. The summed E-state index contributed by atoms with van der Waals surface area (Å²) in [5, 5.41) is 12.1. The van der Waals surface area contributed by atoms with Crippen LogP contribution >= 0.6 is 0 Å². The van der Waals surface area contributed by atoms with Crippen LogP contribution in [0.15, 0.2) is 79.0 Å². The fourth-order valence-electron chi connectivity index (χ4n) is 5.75. The van der Waals surface area contributed by atoms with Gasteiger partial charge in [-0.05, 0) is 63.0 Å². The average Bonchev–Trinajstić information content (AvgIpc) is 3.66. The van der Waals surface area contributed by atoms with Gasteiger partial charge >= 0.3 is 0 Å². The summed E-state index contributed by atoms with van der Waals surface area (Å²) in [7, 11) is 0. The van der Waals surface area contributed by atoms with Crippen LogP contribution in [0.2, 0.25) is 0 Å². The van der Waals surface area contributed by atoms with E-state index in [0.29, 0.717) is 23.3 Å². The smallest absolute Gasteiger partial charge is 0.253 e. The molecule has 0 bridgehead atoms. The first-order chi connectivity index (χ1) is 20.1. The van der Waals surface area contributed by atoms with Crippen LogP contribution in [0.25, 0.3) is 39.7 Å². The van der Waals surface area contributed by atoms with Crippen molar-refractivity contribution in [2.75, 3.05) is 13.1 Å². The first kappa shape index (κ1) is 25.2. The summed E-state index contributed by atoms with van der Waals surface area (Å²) in [6.45, 7) is 6.95. The zero-order valence-electron chi connectivity index (χ0n) is 23.2. The minimum absolute atomic E-state index is 0.389. The molecule has 4 aromatic heterocycles. The van der Waals surface area contributed by atoms with Crippen LogP contribution < -0.4 is 0 Å². The number of likely N-dealkylation sites (tertiary alicyclic amines) is 1. The van der Waals surface area contributed by atoms with Gasteiger partial charge in [0.15, 0.2) is 5.82 Å². The second-order valence-corrected chi connectivity index (χ2v) is 10.7. The first-order valence-corrected chi connectivity index (χ1v) is 14.1. The van der Waals surface area contributed by atoms with Crippen LogP contribution in [0, 0.1) is 13.8 Å². The molecular formula is C32H31N9. The highest BCUT2D eigenvalue weighted by atomic mass is 15.3. The Kier molecular flexibility index (Phi) is 6.56. The molecule has 2 aromatic carbocycles. The van der Waals surface area contributed by atoms with Crippen LogP contribution in [0.4, 0.5) is 0 Å². The molecule has 1 fully saturated rings. The van der Waals surface area contributed by atoms with E-state index in [4.69, 9.17) is 9.97 Å². The maximum absolute atomic E-state index is 4.97. The Labute approximate surface area is 238 Å². The number of rotatable bonds is 6. The summed E-state index contributed by atoms with van der Waals surface area (Å²) < 4.78 is 1.84. The number of fused-ring (bicyclic) bond motifs is 1. The Balaban J connectivity index is 1.07. The molecule has 0 aliphatic carbocycles. The molecule has 41 heavy (non-hydrogen) atoms. The highest BCUT2D eigenvalue weighted by Gasteiger charge is 2.24. The maximum atomic E-state index is 4.97. The molecule has 9 heteroatoms. The van der Waals surface area contributed by atoms with E-state index in [1.807, 2.05) is 35.7 Å². The van der Waals surface area contributed by atoms with Gasteiger partial charge in [-0.15, -0.1) is 0 Å². The normalized spacial score (nSPS) is 14.6. The second kappa shape index (κ2) is 10.7. The van der Waals surface area contributed by atoms with Crippen LogP contribution in [-0.4, -0.2) is 57.7 Å². The van der Waals surface area contributed by atoms with Gasteiger partial charge in [-0.25, -0.2) is 14.5 Å². The molecule has 6 aromatic rings. The van der Waals surface area contributed by atoms with Crippen molar-refractivity contribution in [3.8, 4) is 33.9 Å². The number of aromatic amines is 1. The summed E-state index contributed by atoms with van der Waals surface area (Å²) in [5.41, 5.74) is 7.33. The SMILES string of the molecule is Cc1nc2nc(-c3ccc(CN4CCC(c5nc(-c6ccccn6)n[nH]5)CC4)cc3)c(-c3ccccc3)c(C)n2n1. The van der Waals surface area contributed by atoms with Crippen molar-refractivity contribution in [1.82, 2.24) is 44.6 Å². The molecule has 0 spiro atoms. The van der Waals surface area contributed by atoms with Crippen LogP contribution in [0.1, 0.15) is 41.7 Å². The third kappa shape index (κ3) is 5.00. The van der Waals surface area contributed by atoms with Crippen molar-refractivity contribution in [3.63, 3.8) is 0 Å². The van der Waals surface area contributed by atoms with Crippen molar-refractivity contribution < 1.29 is 0 Å². The maximum Gasteiger partial charge on any atom is 0.253 e. The zero-order valence-corrected chi connectivity index (χ0v) is 23.2. The number of piperidine rings is 1. The van der Waals surface area contributed by atoms with Crippen LogP contribution in [0.3, 0.4) is 0 Å². The lowest BCUT2D eigenvalue weighted by Crippen LogP contribution is -2.32. The lowest BCUT2D eigenvalue weighted by atomic mass is 9.95. The largest absolute Gasteiger partial charge is 0.299 e. The third-order valence-electron chi connectivity index (χ3n) is 7.89. The molecule has 9 nitrogen and oxygen atoms in total. The van der Waals surface area contributed by atoms with Gasteiger partial charge < -0.3 is 0 Å². The van der Waals surface area contributed by atoms with Crippen molar-refractivity contribution in [2.45, 2.75) is 39.2 Å². The molecule has 0 amide bonds. The molecule has 0 saturated carbocycles. The number of nitrogens with one attached hydrogen (secondary N) is 1. The predicted molar refractivity (Wildman–Crippen MR) is 158 cm³/mol. The molecule has 1 N–H and O–H groups in total. The first-order valence-electron chi connectivity index (χ1n) is 14.1. The summed E-state index contributed by atoms with van der Waals surface area (Å²) >= 11 is 0. The van der Waals surface area contributed by atoms with Gasteiger partial charge in [0.05, 0.1) is 11.4 Å². The number of H-pyrrole nitrogens is 1. The van der Waals surface area contributed by atoms with E-state index < -0.39 is 0 Å². The minimum Gasteiger partial charge on any atom is -0.299 e. The summed E-state index contributed by atoms with van der Waals surface area (Å²) in [4.78, 5) is 21.2. The van der Waals surface area contributed by atoms with Crippen LogP contribution in [-0.2, 0) is 6.54 Å². The Hall–Kier alpha value is -4.76. The van der Waals surface area contributed by atoms with Crippen molar-refractivity contribution in [2.24, 2.45) is 0 Å². The Morgan fingerprint density at radius 2 is 1.61 bits per heavy atom. The molecule has 5 heterocycles. The second-order valence-electron chi connectivity index (χ2n) is 10.7. The van der Waals surface area contributed by atoms with Crippen molar-refractivity contribution >= 4 is 5.78 Å². The lowest BCUT2D eigenvalue weighted by Gasteiger charge is -2.31. The number of hydrogen-bond acceptors (Lipinski definition) is 7. The predicted octanol–water partition coefficient (Wildman–Crippen LogP) is 5.63. The number of pyridine rings is 1. The van der Waals surface area contributed by atoms with Gasteiger partial charge in [-0.3, -0.25) is 15.0 Å². The minimum atomic E-state index is 0.389. The third-order valence-corrected chi connectivity index (χ3v) is 7.89. The molecule has 1 aliphatic heterocycles. The standard InChI is InChI=1S/C32H31N9/c1-21-28(24-8-4-3-5-9-24)29(35-32-34-22(2)39-41(21)32)25-13-11-23(12-14-25)20-40-18-15-26(16-19-40)30-36-31(38-37-30)27-10-6-7-17-33-27/h3-14,17,26H,15-16,18-20H2,1-2H3,(H,36,37,38). The molecule has 7 rings (SSSR count). The number of nitrogens with zero attached hydrogens (tertiary/aromatic N) is 8. The van der Waals surface area contributed by atoms with E-state index in [0.717, 1.165) is 72.1 Å². The van der Waals surface area contributed by atoms with Crippen molar-refractivity contribution in [1.29, 1.82) is 0 Å². The van der Waals surface area contributed by atoms with Crippen molar-refractivity contribution in [3.05, 3.63) is 102 Å². The van der Waals surface area contributed by atoms with Gasteiger partial charge in [-0.1, -0.05) is 60.7 Å². The van der Waals surface area contributed by atoms with Gasteiger partial charge in [0.1, 0.15) is 17.3 Å². The molecule has 0 atom stereocenters. The van der Waals surface area contributed by atoms with E-state index in [1.165, 1.54) is 5.56 Å². The van der Waals surface area contributed by atoms with E-state index in [2.05, 4.69) is 85.6 Å². The Morgan fingerprint density at radius 1 is 0.829 bits per heavy atom. The topological polar surface area (TPSA) is 101 Å². The van der Waals surface area contributed by atoms with Gasteiger partial charge in [0, 0.05) is 29.8 Å². The van der Waals surface area contributed by atoms with Crippen LogP contribution in [0.5, 0.6) is 0 Å². The van der Waals surface area contributed by atoms with E-state index >= 15 is 0 Å². The number of benzene rings is 2. The molecule has 0 unspecified atom stereocenters. The number of aryl methyl sites for hydroxylation is 2. The Morgan fingerprint density at radius 3 is 2.37 bits per heavy atom. The summed E-state index contributed by atoms with van der Waals surface area (Å²) in [6.07, 6.45) is 3.87. The molecular weight excluding hydrogens is 510 g/mol. The number of hydrogen-bond donors (Lipinski definition) is 1. The molecule has 204 valence electrons. The summed E-state index contributed by atoms with van der Waals surface area (Å²) in [5.74, 6) is 3.36. The highest BCUT2D eigenvalue weighted by molar-refractivity contribution is 5.83. The van der Waals surface area contributed by atoms with E-state index in [-0.39, 0.29) is 0 Å². The van der Waals surface area contributed by atoms with Gasteiger partial charge in [-0.2, -0.15) is 15.2 Å². The van der Waals surface area contributed by atoms with E-state index in [9.17, 15) is 0 Å². The monoisotopic (exact) mass is 541 g/mol. The molecule has 0 radical (unpaired) electrons. The highest BCUT2D eigenvalue weighted by Crippen LogP contribution is 2.34. The molecule has 1 aliphatic rings. The summed E-state index contributed by atoms with van der Waals surface area (Å²) in [6, 6.07) is 25.0. The average molecular weight is 542 g/mol. The fourth-order valence-corrected chi connectivity index (χ4v) is 5.75. The van der Waals surface area contributed by atoms with Gasteiger partial charge in [0.25, 0.3) is 5.78 Å². The van der Waals surface area contributed by atoms with E-state index in [1.54, 1.807) is 6.20 Å². The van der Waals surface area contributed by atoms with Gasteiger partial charge in [0.2, 0.25) is 0 Å². The number of aromatic nitrogens is 8. The molecule has 1 saturated heterocycles. The fraction of sp³-hybridized carbons (Fsp3) is 0.250. The quantitative estimate of drug-likeness (QED) is 0.291. The zero-order chi connectivity index (χ0) is 27.8. The lowest BCUT2D eigenvalue weighted by molar-refractivity contribution is 0.202.